The second kappa shape index (κ2) is 8.10. The molecular weight excluding hydrogens is 362 g/mol. The van der Waals surface area contributed by atoms with Gasteiger partial charge in [0.2, 0.25) is 15.9 Å². The van der Waals surface area contributed by atoms with Crippen molar-refractivity contribution in [1.82, 2.24) is 9.21 Å². The fourth-order valence-electron chi connectivity index (χ4n) is 3.11. The average Bonchev–Trinajstić information content (AvgIpc) is 2.69. The van der Waals surface area contributed by atoms with Gasteiger partial charge in [0.05, 0.1) is 11.4 Å². The van der Waals surface area contributed by atoms with Crippen molar-refractivity contribution in [3.05, 3.63) is 60.2 Å². The third-order valence-electron chi connectivity index (χ3n) is 4.82. The molecule has 1 fully saturated rings. The quantitative estimate of drug-likeness (QED) is 0.787. The third kappa shape index (κ3) is 4.48. The van der Waals surface area contributed by atoms with Crippen molar-refractivity contribution in [2.45, 2.75) is 11.8 Å². The van der Waals surface area contributed by atoms with E-state index in [1.807, 2.05) is 49.2 Å². The maximum Gasteiger partial charge on any atom is 0.243 e. The zero-order valence-corrected chi connectivity index (χ0v) is 16.5. The van der Waals surface area contributed by atoms with Crippen molar-refractivity contribution in [1.29, 1.82) is 0 Å². The van der Waals surface area contributed by atoms with Crippen LogP contribution < -0.4 is 4.90 Å². The first-order chi connectivity index (χ1) is 12.9. The molecule has 1 saturated heterocycles. The van der Waals surface area contributed by atoms with Gasteiger partial charge in [0.1, 0.15) is 0 Å². The van der Waals surface area contributed by atoms with Gasteiger partial charge >= 0.3 is 0 Å². The van der Waals surface area contributed by atoms with E-state index in [4.69, 9.17) is 0 Å². The van der Waals surface area contributed by atoms with Crippen LogP contribution in [0.2, 0.25) is 0 Å². The summed E-state index contributed by atoms with van der Waals surface area (Å²) in [5, 5.41) is 0. The van der Waals surface area contributed by atoms with Crippen molar-refractivity contribution in [3.8, 4) is 0 Å². The predicted octanol–water partition coefficient (Wildman–Crippen LogP) is 1.96. The molecule has 1 heterocycles. The van der Waals surface area contributed by atoms with Gasteiger partial charge in [-0.1, -0.05) is 35.9 Å². The van der Waals surface area contributed by atoms with Crippen LogP contribution in [0.3, 0.4) is 0 Å². The lowest BCUT2D eigenvalue weighted by Crippen LogP contribution is -2.52. The van der Waals surface area contributed by atoms with Crippen LogP contribution in [-0.4, -0.2) is 63.3 Å². The lowest BCUT2D eigenvalue weighted by atomic mass is 10.2. The molecule has 0 unspecified atom stereocenters. The lowest BCUT2D eigenvalue weighted by Gasteiger charge is -2.35. The second-order valence-electron chi connectivity index (χ2n) is 6.79. The van der Waals surface area contributed by atoms with E-state index in [9.17, 15) is 13.2 Å². The van der Waals surface area contributed by atoms with Crippen molar-refractivity contribution in [2.24, 2.45) is 0 Å². The first-order valence-electron chi connectivity index (χ1n) is 8.99. The molecule has 0 atom stereocenters. The van der Waals surface area contributed by atoms with Crippen LogP contribution in [0, 0.1) is 6.92 Å². The maximum atomic E-state index is 12.8. The minimum absolute atomic E-state index is 0.00809. The molecule has 0 saturated carbocycles. The van der Waals surface area contributed by atoms with Gasteiger partial charge in [0.15, 0.2) is 0 Å². The number of rotatable bonds is 5. The highest BCUT2D eigenvalue weighted by molar-refractivity contribution is 7.89. The molecule has 7 heteroatoms. The van der Waals surface area contributed by atoms with Gasteiger partial charge in [-0.15, -0.1) is 0 Å². The Morgan fingerprint density at radius 1 is 0.963 bits per heavy atom. The smallest absolute Gasteiger partial charge is 0.243 e. The number of para-hydroxylation sites is 1. The van der Waals surface area contributed by atoms with E-state index < -0.39 is 10.0 Å². The molecule has 2 aromatic rings. The number of sulfonamides is 1. The number of aryl methyl sites for hydroxylation is 1. The fourth-order valence-corrected chi connectivity index (χ4v) is 4.54. The summed E-state index contributed by atoms with van der Waals surface area (Å²) in [5.74, 6) is 0.00809. The van der Waals surface area contributed by atoms with E-state index >= 15 is 0 Å². The first-order valence-corrected chi connectivity index (χ1v) is 10.4. The van der Waals surface area contributed by atoms with E-state index in [-0.39, 0.29) is 12.5 Å². The van der Waals surface area contributed by atoms with Crippen molar-refractivity contribution in [2.75, 3.05) is 44.7 Å². The summed E-state index contributed by atoms with van der Waals surface area (Å²) in [5.41, 5.74) is 2.00. The van der Waals surface area contributed by atoms with E-state index in [0.717, 1.165) is 11.3 Å². The standard InChI is InChI=1S/C20H25N3O3S/c1-17-8-10-19(11-9-17)27(25,26)23-14-12-22(13-15-23)20(24)16-21(2)18-6-4-3-5-7-18/h3-11H,12-16H2,1-2H3. The van der Waals surface area contributed by atoms with Gasteiger partial charge in [-0.3, -0.25) is 4.79 Å². The Morgan fingerprint density at radius 2 is 1.56 bits per heavy atom. The molecule has 0 N–H and O–H groups in total. The van der Waals surface area contributed by atoms with Crippen LogP contribution in [0.4, 0.5) is 5.69 Å². The molecule has 27 heavy (non-hydrogen) atoms. The summed E-state index contributed by atoms with van der Waals surface area (Å²) in [6.45, 7) is 3.65. The Kier molecular flexibility index (Phi) is 5.82. The second-order valence-corrected chi connectivity index (χ2v) is 8.73. The zero-order valence-electron chi connectivity index (χ0n) is 15.7. The minimum atomic E-state index is -3.51. The highest BCUT2D eigenvalue weighted by Crippen LogP contribution is 2.18. The lowest BCUT2D eigenvalue weighted by molar-refractivity contribution is -0.130. The summed E-state index contributed by atoms with van der Waals surface area (Å²) in [4.78, 5) is 16.5. The molecule has 0 spiro atoms. The summed E-state index contributed by atoms with van der Waals surface area (Å²) in [6.07, 6.45) is 0. The molecule has 0 bridgehead atoms. The topological polar surface area (TPSA) is 60.9 Å². The van der Waals surface area contributed by atoms with Gasteiger partial charge in [-0.05, 0) is 31.2 Å². The molecule has 0 aromatic heterocycles. The number of anilines is 1. The van der Waals surface area contributed by atoms with Gasteiger partial charge in [0, 0.05) is 38.9 Å². The summed E-state index contributed by atoms with van der Waals surface area (Å²) >= 11 is 0. The van der Waals surface area contributed by atoms with Crippen LogP contribution in [0.25, 0.3) is 0 Å². The minimum Gasteiger partial charge on any atom is -0.365 e. The van der Waals surface area contributed by atoms with Gasteiger partial charge in [-0.25, -0.2) is 8.42 Å². The number of likely N-dealkylation sites (N-methyl/N-ethyl adjacent to an activating group) is 1. The molecule has 0 radical (unpaired) electrons. The summed E-state index contributed by atoms with van der Waals surface area (Å²) in [7, 11) is -1.63. The molecule has 3 rings (SSSR count). The number of hydrogen-bond acceptors (Lipinski definition) is 4. The normalized spacial score (nSPS) is 15.6. The Balaban J connectivity index is 1.58. The number of benzene rings is 2. The SMILES string of the molecule is Cc1ccc(S(=O)(=O)N2CCN(C(=O)CN(C)c3ccccc3)CC2)cc1. The third-order valence-corrected chi connectivity index (χ3v) is 6.73. The van der Waals surface area contributed by atoms with Gasteiger partial charge in [-0.2, -0.15) is 4.31 Å². The number of hydrogen-bond donors (Lipinski definition) is 0. The van der Waals surface area contributed by atoms with Crippen molar-refractivity contribution in [3.63, 3.8) is 0 Å². The number of piperazine rings is 1. The Bertz CT molecular complexity index is 874. The van der Waals surface area contributed by atoms with E-state index in [2.05, 4.69) is 0 Å². The van der Waals surface area contributed by atoms with Crippen LogP contribution in [0.1, 0.15) is 5.56 Å². The number of carbonyl (C=O) groups is 1. The zero-order chi connectivity index (χ0) is 19.4. The number of carbonyl (C=O) groups excluding carboxylic acids is 1. The fraction of sp³-hybridized carbons (Fsp3) is 0.350. The van der Waals surface area contributed by atoms with Crippen LogP contribution >= 0.6 is 0 Å². The van der Waals surface area contributed by atoms with Crippen LogP contribution in [0.5, 0.6) is 0 Å². The van der Waals surface area contributed by atoms with Crippen LogP contribution in [-0.2, 0) is 14.8 Å². The first kappa shape index (κ1) is 19.4. The predicted molar refractivity (Wildman–Crippen MR) is 106 cm³/mol. The Hall–Kier alpha value is -2.38. The molecule has 1 aliphatic rings. The average molecular weight is 388 g/mol. The van der Waals surface area contributed by atoms with Gasteiger partial charge < -0.3 is 9.80 Å². The molecule has 144 valence electrons. The number of nitrogens with zero attached hydrogens (tertiary/aromatic N) is 3. The monoisotopic (exact) mass is 387 g/mol. The molecule has 1 aliphatic heterocycles. The Labute approximate surface area is 161 Å². The highest BCUT2D eigenvalue weighted by atomic mass is 32.2. The molecule has 6 nitrogen and oxygen atoms in total. The maximum absolute atomic E-state index is 12.8. The van der Waals surface area contributed by atoms with E-state index in [1.165, 1.54) is 4.31 Å². The number of amides is 1. The molecule has 0 aliphatic carbocycles. The van der Waals surface area contributed by atoms with Crippen molar-refractivity contribution < 1.29 is 13.2 Å². The van der Waals surface area contributed by atoms with Crippen molar-refractivity contribution >= 4 is 21.6 Å². The summed E-state index contributed by atoms with van der Waals surface area (Å²) in [6, 6.07) is 16.6. The largest absolute Gasteiger partial charge is 0.365 e. The van der Waals surface area contributed by atoms with Gasteiger partial charge in [0.25, 0.3) is 0 Å². The summed E-state index contributed by atoms with van der Waals surface area (Å²) < 4.78 is 27.0. The van der Waals surface area contributed by atoms with E-state index in [1.54, 1.807) is 29.2 Å². The highest BCUT2D eigenvalue weighted by Gasteiger charge is 2.30. The van der Waals surface area contributed by atoms with Crippen LogP contribution in [0.15, 0.2) is 59.5 Å². The molecular formula is C20H25N3O3S. The molecule has 2 aromatic carbocycles. The molecule has 1 amide bonds. The van der Waals surface area contributed by atoms with E-state index in [0.29, 0.717) is 31.1 Å². The Morgan fingerprint density at radius 3 is 2.15 bits per heavy atom.